The van der Waals surface area contributed by atoms with Gasteiger partial charge in [0.05, 0.1) is 25.2 Å². The molecule has 25 heavy (non-hydrogen) atoms. The maximum absolute atomic E-state index is 13.0. The summed E-state index contributed by atoms with van der Waals surface area (Å²) in [4.78, 5) is 19.7. The molecule has 0 spiro atoms. The molecule has 4 rings (SSSR count). The third-order valence-electron chi connectivity index (χ3n) is 5.51. The standard InChI is InChI=1S/C20H26N2O3/c1-3-24-18-10-13-7-9-22-17(15(13)11-19(18)25-4-2)12-16-14(20(22)23)6-5-8-21-16/h10-11,14,17H,3-9,12H2,1-2H3. The maximum Gasteiger partial charge on any atom is 0.231 e. The third-order valence-corrected chi connectivity index (χ3v) is 5.51. The quantitative estimate of drug-likeness (QED) is 0.844. The molecule has 1 fully saturated rings. The number of nitrogens with zero attached hydrogens (tertiary/aromatic N) is 2. The van der Waals surface area contributed by atoms with E-state index in [-0.39, 0.29) is 17.9 Å². The molecule has 3 heterocycles. The fourth-order valence-corrected chi connectivity index (χ4v) is 4.40. The zero-order valence-electron chi connectivity index (χ0n) is 15.1. The van der Waals surface area contributed by atoms with Crippen molar-refractivity contribution in [3.8, 4) is 11.5 Å². The highest BCUT2D eigenvalue weighted by Crippen LogP contribution is 2.43. The first-order valence-corrected chi connectivity index (χ1v) is 9.49. The molecule has 5 nitrogen and oxygen atoms in total. The van der Waals surface area contributed by atoms with E-state index in [0.29, 0.717) is 13.2 Å². The molecule has 0 aromatic heterocycles. The fourth-order valence-electron chi connectivity index (χ4n) is 4.40. The van der Waals surface area contributed by atoms with E-state index in [9.17, 15) is 4.79 Å². The van der Waals surface area contributed by atoms with Gasteiger partial charge >= 0.3 is 0 Å². The van der Waals surface area contributed by atoms with Crippen molar-refractivity contribution >= 4 is 11.6 Å². The lowest BCUT2D eigenvalue weighted by Gasteiger charge is -2.45. The molecule has 2 atom stereocenters. The Kier molecular flexibility index (Phi) is 4.40. The normalized spacial score (nSPS) is 24.8. The second kappa shape index (κ2) is 6.70. The van der Waals surface area contributed by atoms with Gasteiger partial charge in [0.1, 0.15) is 0 Å². The minimum absolute atomic E-state index is 0.0283. The molecule has 3 aliphatic rings. The largest absolute Gasteiger partial charge is 0.490 e. The van der Waals surface area contributed by atoms with Gasteiger partial charge in [-0.3, -0.25) is 9.79 Å². The predicted molar refractivity (Wildman–Crippen MR) is 96.6 cm³/mol. The van der Waals surface area contributed by atoms with E-state index in [1.54, 1.807) is 0 Å². The van der Waals surface area contributed by atoms with Crippen LogP contribution in [0.2, 0.25) is 0 Å². The van der Waals surface area contributed by atoms with E-state index < -0.39 is 0 Å². The summed E-state index contributed by atoms with van der Waals surface area (Å²) in [5.41, 5.74) is 3.59. The summed E-state index contributed by atoms with van der Waals surface area (Å²) < 4.78 is 11.6. The van der Waals surface area contributed by atoms with E-state index in [0.717, 1.165) is 56.0 Å². The van der Waals surface area contributed by atoms with Crippen LogP contribution in [0.1, 0.15) is 50.3 Å². The topological polar surface area (TPSA) is 51.1 Å². The summed E-state index contributed by atoms with van der Waals surface area (Å²) in [7, 11) is 0. The maximum atomic E-state index is 13.0. The highest BCUT2D eigenvalue weighted by atomic mass is 16.5. The number of rotatable bonds is 4. The molecule has 3 aliphatic heterocycles. The van der Waals surface area contributed by atoms with Crippen molar-refractivity contribution in [2.45, 2.75) is 45.6 Å². The summed E-state index contributed by atoms with van der Waals surface area (Å²) in [6, 6.07) is 4.30. The van der Waals surface area contributed by atoms with Crippen molar-refractivity contribution in [3.05, 3.63) is 23.3 Å². The van der Waals surface area contributed by atoms with Crippen LogP contribution < -0.4 is 9.47 Å². The number of ether oxygens (including phenoxy) is 2. The highest BCUT2D eigenvalue weighted by Gasteiger charge is 2.43. The molecule has 1 aromatic rings. The first-order valence-electron chi connectivity index (χ1n) is 9.49. The molecule has 1 amide bonds. The minimum atomic E-state index is 0.0283. The molecular formula is C20H26N2O3. The third kappa shape index (κ3) is 2.79. The van der Waals surface area contributed by atoms with Gasteiger partial charge in [-0.25, -0.2) is 0 Å². The van der Waals surface area contributed by atoms with Crippen molar-refractivity contribution in [3.63, 3.8) is 0 Å². The number of carbonyl (C=O) groups is 1. The zero-order valence-corrected chi connectivity index (χ0v) is 15.1. The molecule has 0 radical (unpaired) electrons. The van der Waals surface area contributed by atoms with Crippen molar-refractivity contribution in [1.29, 1.82) is 0 Å². The summed E-state index contributed by atoms with van der Waals surface area (Å²) in [5.74, 6) is 1.89. The first-order chi connectivity index (χ1) is 12.2. The van der Waals surface area contributed by atoms with E-state index in [2.05, 4.69) is 22.0 Å². The Morgan fingerprint density at radius 1 is 1.20 bits per heavy atom. The van der Waals surface area contributed by atoms with Crippen LogP contribution >= 0.6 is 0 Å². The van der Waals surface area contributed by atoms with Gasteiger partial charge < -0.3 is 14.4 Å². The SMILES string of the molecule is CCOc1cc2c(cc1OCC)C1CC3=NCCCC3C(=O)N1CC2. The molecule has 0 saturated carbocycles. The average molecular weight is 342 g/mol. The number of fused-ring (bicyclic) bond motifs is 4. The Hall–Kier alpha value is -2.04. The second-order valence-corrected chi connectivity index (χ2v) is 6.93. The highest BCUT2D eigenvalue weighted by molar-refractivity contribution is 6.07. The molecule has 0 bridgehead atoms. The Bertz CT molecular complexity index is 713. The number of aliphatic imine (C=N–C) groups is 1. The molecule has 0 N–H and O–H groups in total. The van der Waals surface area contributed by atoms with Gasteiger partial charge in [0.25, 0.3) is 0 Å². The van der Waals surface area contributed by atoms with Crippen LogP contribution in [0.5, 0.6) is 11.5 Å². The fraction of sp³-hybridized carbons (Fsp3) is 0.600. The summed E-state index contributed by atoms with van der Waals surface area (Å²) in [6.07, 6.45) is 3.73. The van der Waals surface area contributed by atoms with E-state index in [1.165, 1.54) is 11.1 Å². The molecule has 0 aliphatic carbocycles. The van der Waals surface area contributed by atoms with Crippen LogP contribution in [-0.4, -0.2) is 42.8 Å². The van der Waals surface area contributed by atoms with E-state index in [4.69, 9.17) is 9.47 Å². The predicted octanol–water partition coefficient (Wildman–Crippen LogP) is 3.16. The molecular weight excluding hydrogens is 316 g/mol. The molecule has 5 heteroatoms. The lowest BCUT2D eigenvalue weighted by molar-refractivity contribution is -0.138. The van der Waals surface area contributed by atoms with Crippen LogP contribution in [0, 0.1) is 5.92 Å². The smallest absolute Gasteiger partial charge is 0.231 e. The monoisotopic (exact) mass is 342 g/mol. The Labute approximate surface area is 149 Å². The van der Waals surface area contributed by atoms with Gasteiger partial charge in [-0.05, 0) is 56.4 Å². The number of carbonyl (C=O) groups excluding carboxylic acids is 1. The molecule has 1 saturated heterocycles. The molecule has 1 aromatic carbocycles. The van der Waals surface area contributed by atoms with Gasteiger partial charge in [-0.2, -0.15) is 0 Å². The van der Waals surface area contributed by atoms with Crippen LogP contribution in [0.3, 0.4) is 0 Å². The Morgan fingerprint density at radius 3 is 2.72 bits per heavy atom. The zero-order chi connectivity index (χ0) is 17.4. The van der Waals surface area contributed by atoms with Gasteiger partial charge in [0, 0.05) is 25.2 Å². The summed E-state index contributed by atoms with van der Waals surface area (Å²) >= 11 is 0. The van der Waals surface area contributed by atoms with Crippen molar-refractivity contribution < 1.29 is 14.3 Å². The van der Waals surface area contributed by atoms with Gasteiger partial charge in [0.2, 0.25) is 5.91 Å². The van der Waals surface area contributed by atoms with Crippen molar-refractivity contribution in [2.24, 2.45) is 10.9 Å². The Balaban J connectivity index is 1.73. The van der Waals surface area contributed by atoms with Gasteiger partial charge in [-0.1, -0.05) is 0 Å². The number of amides is 1. The average Bonchev–Trinajstić information content (AvgIpc) is 2.63. The van der Waals surface area contributed by atoms with Crippen LogP contribution in [0.4, 0.5) is 0 Å². The van der Waals surface area contributed by atoms with E-state index >= 15 is 0 Å². The Morgan fingerprint density at radius 2 is 1.96 bits per heavy atom. The number of benzene rings is 1. The number of hydrogen-bond acceptors (Lipinski definition) is 4. The van der Waals surface area contributed by atoms with Crippen LogP contribution in [-0.2, 0) is 11.2 Å². The first kappa shape index (κ1) is 16.4. The lowest BCUT2D eigenvalue weighted by atomic mass is 9.79. The summed E-state index contributed by atoms with van der Waals surface area (Å²) in [6.45, 7) is 6.84. The summed E-state index contributed by atoms with van der Waals surface area (Å²) in [5, 5.41) is 0. The van der Waals surface area contributed by atoms with E-state index in [1.807, 2.05) is 13.8 Å². The van der Waals surface area contributed by atoms with Gasteiger partial charge in [0.15, 0.2) is 11.5 Å². The van der Waals surface area contributed by atoms with Crippen molar-refractivity contribution in [2.75, 3.05) is 26.3 Å². The molecule has 134 valence electrons. The van der Waals surface area contributed by atoms with Crippen LogP contribution in [0.25, 0.3) is 0 Å². The van der Waals surface area contributed by atoms with Crippen LogP contribution in [0.15, 0.2) is 17.1 Å². The minimum Gasteiger partial charge on any atom is -0.490 e. The lowest BCUT2D eigenvalue weighted by Crippen LogP contribution is -2.51. The second-order valence-electron chi connectivity index (χ2n) is 6.93. The number of piperidine rings is 1. The van der Waals surface area contributed by atoms with Gasteiger partial charge in [-0.15, -0.1) is 0 Å². The number of hydrogen-bond donors (Lipinski definition) is 0. The van der Waals surface area contributed by atoms with Crippen molar-refractivity contribution in [1.82, 2.24) is 4.90 Å². The molecule has 2 unspecified atom stereocenters.